The first-order valence-electron chi connectivity index (χ1n) is 6.63. The number of carbonyl (C=O) groups excluding carboxylic acids is 1. The molecule has 1 aromatic heterocycles. The molecule has 0 bridgehead atoms. The Balaban J connectivity index is 2.02. The Morgan fingerprint density at radius 3 is 2.84 bits per heavy atom. The number of carbonyl (C=O) groups is 1. The maximum absolute atomic E-state index is 11.6. The SMILES string of the molecule is CCOC1CCN(c2cc(N)c(C(=O)NC)s2)CC1. The molecular weight excluding hydrogens is 262 g/mol. The van der Waals surface area contributed by atoms with E-state index in [2.05, 4.69) is 10.2 Å². The molecular formula is C13H21N3O2S. The molecule has 0 aliphatic carbocycles. The van der Waals surface area contributed by atoms with E-state index in [1.54, 1.807) is 7.05 Å². The number of hydrogen-bond donors (Lipinski definition) is 2. The van der Waals surface area contributed by atoms with Gasteiger partial charge in [0.1, 0.15) is 4.88 Å². The summed E-state index contributed by atoms with van der Waals surface area (Å²) in [6, 6.07) is 1.90. The van der Waals surface area contributed by atoms with E-state index in [-0.39, 0.29) is 5.91 Å². The summed E-state index contributed by atoms with van der Waals surface area (Å²) in [6.45, 7) is 4.72. The second-order valence-electron chi connectivity index (χ2n) is 4.59. The lowest BCUT2D eigenvalue weighted by molar-refractivity contribution is 0.0460. The third-order valence-corrected chi connectivity index (χ3v) is 4.55. The number of hydrogen-bond acceptors (Lipinski definition) is 5. The molecule has 0 unspecified atom stereocenters. The zero-order chi connectivity index (χ0) is 13.8. The van der Waals surface area contributed by atoms with Gasteiger partial charge < -0.3 is 20.7 Å². The minimum atomic E-state index is -0.113. The Bertz CT molecular complexity index is 439. The lowest BCUT2D eigenvalue weighted by Crippen LogP contribution is -2.36. The number of nitrogen functional groups attached to an aromatic ring is 1. The predicted molar refractivity (Wildman–Crippen MR) is 79.0 cm³/mol. The van der Waals surface area contributed by atoms with Crippen LogP contribution in [-0.2, 0) is 4.74 Å². The molecule has 1 amide bonds. The van der Waals surface area contributed by atoms with Crippen LogP contribution in [0.5, 0.6) is 0 Å². The van der Waals surface area contributed by atoms with Crippen LogP contribution in [0.1, 0.15) is 29.4 Å². The van der Waals surface area contributed by atoms with Crippen LogP contribution in [0.3, 0.4) is 0 Å². The molecule has 1 aromatic rings. The van der Waals surface area contributed by atoms with Crippen LogP contribution in [0.4, 0.5) is 10.7 Å². The van der Waals surface area contributed by atoms with Crippen LogP contribution < -0.4 is 16.0 Å². The Kier molecular flexibility index (Phi) is 4.66. The lowest BCUT2D eigenvalue weighted by atomic mass is 10.1. The first kappa shape index (κ1) is 14.1. The van der Waals surface area contributed by atoms with Gasteiger partial charge in [-0.15, -0.1) is 11.3 Å². The molecule has 19 heavy (non-hydrogen) atoms. The van der Waals surface area contributed by atoms with Gasteiger partial charge in [-0.05, 0) is 25.8 Å². The predicted octanol–water partition coefficient (Wildman–Crippen LogP) is 1.70. The highest BCUT2D eigenvalue weighted by Gasteiger charge is 2.22. The van der Waals surface area contributed by atoms with Crippen molar-refractivity contribution in [2.45, 2.75) is 25.9 Å². The number of nitrogens with one attached hydrogen (secondary N) is 1. The van der Waals surface area contributed by atoms with E-state index in [4.69, 9.17) is 10.5 Å². The molecule has 1 aliphatic heterocycles. The van der Waals surface area contributed by atoms with Gasteiger partial charge in [-0.2, -0.15) is 0 Å². The normalized spacial score (nSPS) is 16.6. The second kappa shape index (κ2) is 6.25. The van der Waals surface area contributed by atoms with E-state index in [0.717, 1.165) is 37.5 Å². The first-order valence-corrected chi connectivity index (χ1v) is 7.45. The summed E-state index contributed by atoms with van der Waals surface area (Å²) in [5, 5.41) is 3.69. The van der Waals surface area contributed by atoms with E-state index in [9.17, 15) is 4.79 Å². The number of ether oxygens (including phenoxy) is 1. The van der Waals surface area contributed by atoms with Gasteiger partial charge in [-0.25, -0.2) is 0 Å². The van der Waals surface area contributed by atoms with Crippen molar-refractivity contribution in [3.8, 4) is 0 Å². The van der Waals surface area contributed by atoms with Crippen molar-refractivity contribution in [2.24, 2.45) is 0 Å². The zero-order valence-corrected chi connectivity index (χ0v) is 12.3. The molecule has 1 fully saturated rings. The molecule has 5 nitrogen and oxygen atoms in total. The van der Waals surface area contributed by atoms with Crippen molar-refractivity contribution >= 4 is 27.9 Å². The van der Waals surface area contributed by atoms with Gasteiger partial charge in [-0.1, -0.05) is 0 Å². The number of nitrogens with two attached hydrogens (primary N) is 1. The summed E-state index contributed by atoms with van der Waals surface area (Å²) < 4.78 is 5.64. The maximum atomic E-state index is 11.6. The molecule has 0 radical (unpaired) electrons. The van der Waals surface area contributed by atoms with Gasteiger partial charge in [0.05, 0.1) is 16.8 Å². The quantitative estimate of drug-likeness (QED) is 0.882. The topological polar surface area (TPSA) is 67.6 Å². The minimum absolute atomic E-state index is 0.113. The summed E-state index contributed by atoms with van der Waals surface area (Å²) in [4.78, 5) is 14.5. The summed E-state index contributed by atoms with van der Waals surface area (Å²) in [6.07, 6.45) is 2.43. The molecule has 1 aliphatic rings. The van der Waals surface area contributed by atoms with Crippen molar-refractivity contribution in [3.05, 3.63) is 10.9 Å². The fourth-order valence-electron chi connectivity index (χ4n) is 2.32. The Morgan fingerprint density at radius 2 is 2.26 bits per heavy atom. The molecule has 3 N–H and O–H groups in total. The smallest absolute Gasteiger partial charge is 0.263 e. The fourth-order valence-corrected chi connectivity index (χ4v) is 3.40. The standard InChI is InChI=1S/C13H21N3O2S/c1-3-18-9-4-6-16(7-5-9)11-8-10(14)12(19-11)13(17)15-2/h8-9H,3-7,14H2,1-2H3,(H,15,17). The van der Waals surface area contributed by atoms with Crippen molar-refractivity contribution in [1.29, 1.82) is 0 Å². The van der Waals surface area contributed by atoms with E-state index >= 15 is 0 Å². The van der Waals surface area contributed by atoms with Crippen molar-refractivity contribution in [2.75, 3.05) is 37.4 Å². The van der Waals surface area contributed by atoms with Crippen molar-refractivity contribution < 1.29 is 9.53 Å². The Hall–Kier alpha value is -1.27. The maximum Gasteiger partial charge on any atom is 0.263 e. The third kappa shape index (κ3) is 3.19. The van der Waals surface area contributed by atoms with E-state index in [1.165, 1.54) is 11.3 Å². The molecule has 0 spiro atoms. The van der Waals surface area contributed by atoms with Crippen LogP contribution in [0.2, 0.25) is 0 Å². The Morgan fingerprint density at radius 1 is 1.58 bits per heavy atom. The molecule has 2 heterocycles. The monoisotopic (exact) mass is 283 g/mol. The highest BCUT2D eigenvalue weighted by molar-refractivity contribution is 7.18. The average molecular weight is 283 g/mol. The van der Waals surface area contributed by atoms with Gasteiger partial charge >= 0.3 is 0 Å². The van der Waals surface area contributed by atoms with E-state index < -0.39 is 0 Å². The summed E-state index contributed by atoms with van der Waals surface area (Å²) in [5.41, 5.74) is 6.46. The number of piperidine rings is 1. The minimum Gasteiger partial charge on any atom is -0.397 e. The summed E-state index contributed by atoms with van der Waals surface area (Å²) >= 11 is 1.46. The average Bonchev–Trinajstić information content (AvgIpc) is 2.81. The number of anilines is 2. The fraction of sp³-hybridized carbons (Fsp3) is 0.615. The largest absolute Gasteiger partial charge is 0.397 e. The Labute approximate surface area is 117 Å². The van der Waals surface area contributed by atoms with Crippen molar-refractivity contribution in [1.82, 2.24) is 5.32 Å². The van der Waals surface area contributed by atoms with Gasteiger partial charge in [0.2, 0.25) is 0 Å². The summed E-state index contributed by atoms with van der Waals surface area (Å²) in [7, 11) is 1.62. The van der Waals surface area contributed by atoms with Crippen LogP contribution in [0, 0.1) is 0 Å². The molecule has 6 heteroatoms. The number of nitrogens with zero attached hydrogens (tertiary/aromatic N) is 1. The molecule has 2 rings (SSSR count). The lowest BCUT2D eigenvalue weighted by Gasteiger charge is -2.32. The van der Waals surface area contributed by atoms with E-state index in [1.807, 2.05) is 13.0 Å². The highest BCUT2D eigenvalue weighted by atomic mass is 32.1. The van der Waals surface area contributed by atoms with Crippen LogP contribution in [-0.4, -0.2) is 38.8 Å². The highest BCUT2D eigenvalue weighted by Crippen LogP contribution is 2.33. The van der Waals surface area contributed by atoms with Gasteiger partial charge in [-0.3, -0.25) is 4.79 Å². The molecule has 106 valence electrons. The first-order chi connectivity index (χ1) is 9.15. The van der Waals surface area contributed by atoms with E-state index in [0.29, 0.717) is 16.7 Å². The van der Waals surface area contributed by atoms with Crippen molar-refractivity contribution in [3.63, 3.8) is 0 Å². The van der Waals surface area contributed by atoms with Gasteiger partial charge in [0.25, 0.3) is 5.91 Å². The zero-order valence-electron chi connectivity index (χ0n) is 11.4. The van der Waals surface area contributed by atoms with Crippen LogP contribution >= 0.6 is 11.3 Å². The number of amides is 1. The molecule has 0 atom stereocenters. The van der Waals surface area contributed by atoms with Crippen LogP contribution in [0.25, 0.3) is 0 Å². The molecule has 0 aromatic carbocycles. The van der Waals surface area contributed by atoms with Gasteiger partial charge in [0, 0.05) is 26.7 Å². The molecule has 1 saturated heterocycles. The summed E-state index contributed by atoms with van der Waals surface area (Å²) in [5.74, 6) is -0.113. The third-order valence-electron chi connectivity index (χ3n) is 3.34. The molecule has 0 saturated carbocycles. The van der Waals surface area contributed by atoms with Crippen LogP contribution in [0.15, 0.2) is 6.07 Å². The number of thiophene rings is 1. The van der Waals surface area contributed by atoms with Gasteiger partial charge in [0.15, 0.2) is 0 Å². The number of rotatable bonds is 4. The second-order valence-corrected chi connectivity index (χ2v) is 5.62.